The second kappa shape index (κ2) is 10.6. The first-order valence-electron chi connectivity index (χ1n) is 12.4. The van der Waals surface area contributed by atoms with E-state index in [1.165, 1.54) is 4.90 Å². The lowest BCUT2D eigenvalue weighted by Crippen LogP contribution is -2.55. The number of H-pyrrole nitrogens is 1. The number of rotatable bonds is 5. The zero-order chi connectivity index (χ0) is 26.8. The fraction of sp³-hybridized carbons (Fsp3) is 0.286. The summed E-state index contributed by atoms with van der Waals surface area (Å²) in [6, 6.07) is 17.1. The lowest BCUT2D eigenvalue weighted by atomic mass is 9.97. The average molecular weight is 531 g/mol. The second-order valence-electron chi connectivity index (χ2n) is 9.43. The molecule has 0 aliphatic carbocycles. The van der Waals surface area contributed by atoms with Crippen LogP contribution in [-0.2, 0) is 4.79 Å². The van der Waals surface area contributed by atoms with E-state index in [2.05, 4.69) is 16.4 Å². The second-order valence-corrected chi connectivity index (χ2v) is 9.87. The van der Waals surface area contributed by atoms with Crippen molar-refractivity contribution in [2.75, 3.05) is 19.6 Å². The first-order chi connectivity index (χ1) is 18.4. The van der Waals surface area contributed by atoms with Gasteiger partial charge in [0.1, 0.15) is 30.2 Å². The van der Waals surface area contributed by atoms with E-state index < -0.39 is 12.1 Å². The molecular formula is C28H27ClN6O3. The van der Waals surface area contributed by atoms with E-state index >= 15 is 0 Å². The van der Waals surface area contributed by atoms with Crippen molar-refractivity contribution in [1.29, 1.82) is 5.26 Å². The number of urea groups is 1. The van der Waals surface area contributed by atoms with Crippen LogP contribution < -0.4 is 10.1 Å². The summed E-state index contributed by atoms with van der Waals surface area (Å²) in [7, 11) is 0. The summed E-state index contributed by atoms with van der Waals surface area (Å²) < 4.78 is 6.10. The number of amidine groups is 1. The van der Waals surface area contributed by atoms with Gasteiger partial charge >= 0.3 is 6.03 Å². The molecule has 2 aromatic carbocycles. The van der Waals surface area contributed by atoms with Crippen molar-refractivity contribution in [1.82, 2.24) is 20.1 Å². The number of nitriles is 1. The lowest BCUT2D eigenvalue weighted by Gasteiger charge is -2.35. The van der Waals surface area contributed by atoms with Gasteiger partial charge in [0.15, 0.2) is 0 Å². The monoisotopic (exact) mass is 530 g/mol. The van der Waals surface area contributed by atoms with Crippen molar-refractivity contribution < 1.29 is 14.3 Å². The molecule has 1 fully saturated rings. The molecule has 5 rings (SSSR count). The number of amides is 3. The lowest BCUT2D eigenvalue weighted by molar-refractivity contribution is -0.123. The van der Waals surface area contributed by atoms with Crippen LogP contribution in [0.5, 0.6) is 5.75 Å². The number of piperazine rings is 1. The molecule has 0 bridgehead atoms. The predicted octanol–water partition coefficient (Wildman–Crippen LogP) is 4.42. The first-order valence-corrected chi connectivity index (χ1v) is 12.8. The van der Waals surface area contributed by atoms with Gasteiger partial charge in [0.2, 0.25) is 5.91 Å². The molecule has 2 unspecified atom stereocenters. The van der Waals surface area contributed by atoms with Gasteiger partial charge in [-0.15, -0.1) is 0 Å². The van der Waals surface area contributed by atoms with Crippen LogP contribution in [0.4, 0.5) is 4.79 Å². The summed E-state index contributed by atoms with van der Waals surface area (Å²) in [6.07, 6.45) is 1.63. The highest BCUT2D eigenvalue weighted by Crippen LogP contribution is 2.45. The van der Waals surface area contributed by atoms with Crippen molar-refractivity contribution >= 4 is 29.4 Å². The number of aliphatic imine (C=N–C) groups is 1. The van der Waals surface area contributed by atoms with E-state index in [4.69, 9.17) is 21.3 Å². The van der Waals surface area contributed by atoms with E-state index in [9.17, 15) is 14.9 Å². The van der Waals surface area contributed by atoms with Crippen molar-refractivity contribution in [2.45, 2.75) is 32.0 Å². The Morgan fingerprint density at radius 2 is 2.00 bits per heavy atom. The average Bonchev–Trinajstić information content (AvgIpc) is 3.56. The number of halogens is 1. The number of carbonyl (C=O) groups excluding carboxylic acids is 2. The Morgan fingerprint density at radius 3 is 2.66 bits per heavy atom. The number of aromatic amines is 1. The number of benzene rings is 2. The highest BCUT2D eigenvalue weighted by Gasteiger charge is 2.45. The fourth-order valence-electron chi connectivity index (χ4n) is 4.78. The van der Waals surface area contributed by atoms with E-state index in [0.29, 0.717) is 40.8 Å². The molecular weight excluding hydrogens is 504 g/mol. The molecule has 1 aromatic heterocycles. The molecule has 38 heavy (non-hydrogen) atoms. The van der Waals surface area contributed by atoms with Gasteiger partial charge in [-0.2, -0.15) is 5.26 Å². The first kappa shape index (κ1) is 25.4. The largest absolute Gasteiger partial charge is 0.490 e. The maximum atomic E-state index is 14.2. The van der Waals surface area contributed by atoms with E-state index in [0.717, 1.165) is 11.3 Å². The van der Waals surface area contributed by atoms with Crippen molar-refractivity contribution in [2.24, 2.45) is 4.99 Å². The molecule has 9 nitrogen and oxygen atoms in total. The number of hydrogen-bond acceptors (Lipinski definition) is 5. The normalized spacial score (nSPS) is 19.2. The molecule has 3 heterocycles. The third kappa shape index (κ3) is 4.95. The molecule has 0 radical (unpaired) electrons. The van der Waals surface area contributed by atoms with Crippen LogP contribution in [0.3, 0.4) is 0 Å². The molecule has 1 saturated heterocycles. The van der Waals surface area contributed by atoms with E-state index in [1.54, 1.807) is 41.4 Å². The van der Waals surface area contributed by atoms with Crippen LogP contribution in [0.2, 0.25) is 5.02 Å². The number of hydrogen-bond donors (Lipinski definition) is 2. The summed E-state index contributed by atoms with van der Waals surface area (Å²) in [4.78, 5) is 37.9. The Morgan fingerprint density at radius 1 is 1.21 bits per heavy atom. The van der Waals surface area contributed by atoms with Crippen LogP contribution in [0.15, 0.2) is 65.8 Å². The highest BCUT2D eigenvalue weighted by molar-refractivity contribution is 6.30. The fourth-order valence-corrected chi connectivity index (χ4v) is 4.91. The summed E-state index contributed by atoms with van der Waals surface area (Å²) in [6.45, 7) is 4.49. The SMILES string of the molecule is CC(C)Oc1cc(C#N)ccc1C1=NC(c2ccc(Cl)cc2)C(c2ccc[nH]2)N1C(=O)N1CCNC(=O)C1. The highest BCUT2D eigenvalue weighted by atomic mass is 35.5. The topological polar surface area (TPSA) is 114 Å². The summed E-state index contributed by atoms with van der Waals surface area (Å²) >= 11 is 6.18. The summed E-state index contributed by atoms with van der Waals surface area (Å²) in [5.74, 6) is 0.643. The van der Waals surface area contributed by atoms with Gasteiger partial charge in [-0.05, 0) is 61.9 Å². The van der Waals surface area contributed by atoms with Gasteiger partial charge in [0.05, 0.1) is 23.3 Å². The van der Waals surface area contributed by atoms with Gasteiger partial charge in [-0.25, -0.2) is 4.79 Å². The van der Waals surface area contributed by atoms with Gasteiger partial charge in [0, 0.05) is 30.0 Å². The molecule has 3 aromatic rings. The standard InChI is InChI=1S/C28H27ClN6O3/c1-17(2)38-23-14-18(15-30)5-10-21(23)27-33-25(19-6-8-20(29)9-7-19)26(22-4-3-11-31-22)35(27)28(37)34-13-12-32-24(36)16-34/h3-11,14,17,25-26,31H,12-13,16H2,1-2H3,(H,32,36). The Balaban J connectivity index is 1.69. The third-order valence-electron chi connectivity index (χ3n) is 6.45. The molecule has 0 saturated carbocycles. The minimum atomic E-state index is -0.527. The zero-order valence-electron chi connectivity index (χ0n) is 21.0. The maximum Gasteiger partial charge on any atom is 0.326 e. The van der Waals surface area contributed by atoms with Gasteiger partial charge < -0.3 is 19.9 Å². The molecule has 10 heteroatoms. The Kier molecular flexibility index (Phi) is 7.07. The molecule has 2 aliphatic rings. The summed E-state index contributed by atoms with van der Waals surface area (Å²) in [5.41, 5.74) is 2.68. The quantitative estimate of drug-likeness (QED) is 0.508. The number of ether oxygens (including phenoxy) is 1. The minimum Gasteiger partial charge on any atom is -0.490 e. The Hall–Kier alpha value is -4.29. The zero-order valence-corrected chi connectivity index (χ0v) is 21.8. The third-order valence-corrected chi connectivity index (χ3v) is 6.70. The Bertz CT molecular complexity index is 1410. The van der Waals surface area contributed by atoms with Crippen LogP contribution in [-0.4, -0.2) is 58.3 Å². The van der Waals surface area contributed by atoms with Crippen molar-refractivity contribution in [3.8, 4) is 11.8 Å². The molecule has 2 N–H and O–H groups in total. The smallest absolute Gasteiger partial charge is 0.326 e. The predicted molar refractivity (Wildman–Crippen MR) is 143 cm³/mol. The van der Waals surface area contributed by atoms with Gasteiger partial charge in [-0.3, -0.25) is 14.7 Å². The number of aromatic nitrogens is 1. The minimum absolute atomic E-state index is 0.0472. The summed E-state index contributed by atoms with van der Waals surface area (Å²) in [5, 5.41) is 12.9. The van der Waals surface area contributed by atoms with Crippen LogP contribution in [0.25, 0.3) is 0 Å². The maximum absolute atomic E-state index is 14.2. The Labute approximate surface area is 225 Å². The van der Waals surface area contributed by atoms with E-state index in [1.807, 2.05) is 38.1 Å². The van der Waals surface area contributed by atoms with Crippen LogP contribution >= 0.6 is 11.6 Å². The van der Waals surface area contributed by atoms with Crippen LogP contribution in [0.1, 0.15) is 48.3 Å². The number of carbonyl (C=O) groups is 2. The molecule has 194 valence electrons. The molecule has 2 atom stereocenters. The number of nitrogens with zero attached hydrogens (tertiary/aromatic N) is 4. The molecule has 0 spiro atoms. The van der Waals surface area contributed by atoms with Gasteiger partial charge in [-0.1, -0.05) is 23.7 Å². The van der Waals surface area contributed by atoms with Crippen molar-refractivity contribution in [3.05, 3.63) is 88.2 Å². The van der Waals surface area contributed by atoms with E-state index in [-0.39, 0.29) is 24.6 Å². The molecule has 2 aliphatic heterocycles. The molecule has 3 amide bonds. The number of nitrogens with one attached hydrogen (secondary N) is 2. The van der Waals surface area contributed by atoms with Gasteiger partial charge in [0.25, 0.3) is 0 Å². The van der Waals surface area contributed by atoms with Crippen molar-refractivity contribution in [3.63, 3.8) is 0 Å². The van der Waals surface area contributed by atoms with Crippen LogP contribution in [0, 0.1) is 11.3 Å².